The van der Waals surface area contributed by atoms with E-state index in [0.29, 0.717) is 29.6 Å². The molecule has 4 rings (SSSR count). The highest BCUT2D eigenvalue weighted by Gasteiger charge is 2.37. The molecule has 1 unspecified atom stereocenters. The number of ether oxygens (including phenoxy) is 2. The maximum absolute atomic E-state index is 12.9. The second-order valence-electron chi connectivity index (χ2n) is 7.86. The molecule has 6 heteroatoms. The molecule has 0 aromatic heterocycles. The first-order valence-electron chi connectivity index (χ1n) is 10.8. The SMILES string of the molecule is CCCN1C(=S)NC(c2ccc(OCc3ccccc3)c(OC)c2)C2=C1CCCC2=O. The lowest BCUT2D eigenvalue weighted by Crippen LogP contribution is -2.49. The summed E-state index contributed by atoms with van der Waals surface area (Å²) in [7, 11) is 1.63. The summed E-state index contributed by atoms with van der Waals surface area (Å²) < 4.78 is 11.6. The Hall–Kier alpha value is -2.86. The number of hydrogen-bond donors (Lipinski definition) is 1. The van der Waals surface area contributed by atoms with Gasteiger partial charge in [-0.05, 0) is 54.7 Å². The summed E-state index contributed by atoms with van der Waals surface area (Å²) in [5.74, 6) is 1.51. The molecule has 2 aromatic rings. The Bertz CT molecular complexity index is 1000. The molecule has 1 N–H and O–H groups in total. The van der Waals surface area contributed by atoms with Crippen LogP contribution in [0.5, 0.6) is 11.5 Å². The van der Waals surface area contributed by atoms with Gasteiger partial charge in [-0.2, -0.15) is 0 Å². The Morgan fingerprint density at radius 1 is 1.13 bits per heavy atom. The molecule has 0 radical (unpaired) electrons. The molecule has 1 aliphatic heterocycles. The number of hydrogen-bond acceptors (Lipinski definition) is 4. The number of Topliss-reactive ketones (excluding diaryl/α,β-unsaturated/α-hetero) is 1. The summed E-state index contributed by atoms with van der Waals surface area (Å²) in [4.78, 5) is 15.0. The standard InChI is InChI=1S/C25H28N2O3S/c1-3-14-27-19-10-7-11-20(28)23(19)24(26-25(27)31)18-12-13-21(22(15-18)29-2)30-16-17-8-5-4-6-9-17/h4-6,8-9,12-13,15,24H,3,7,10-11,14,16H2,1-2H3,(H,26,31). The van der Waals surface area contributed by atoms with Gasteiger partial charge in [0.05, 0.1) is 13.2 Å². The normalized spacial score (nSPS) is 18.5. The molecule has 162 valence electrons. The Morgan fingerprint density at radius 3 is 2.68 bits per heavy atom. The van der Waals surface area contributed by atoms with Gasteiger partial charge >= 0.3 is 0 Å². The number of rotatable bonds is 7. The molecule has 1 aliphatic carbocycles. The fourth-order valence-corrected chi connectivity index (χ4v) is 4.60. The van der Waals surface area contributed by atoms with Crippen LogP contribution >= 0.6 is 12.2 Å². The van der Waals surface area contributed by atoms with Crippen molar-refractivity contribution in [2.75, 3.05) is 13.7 Å². The zero-order valence-electron chi connectivity index (χ0n) is 18.0. The van der Waals surface area contributed by atoms with Gasteiger partial charge in [-0.25, -0.2) is 0 Å². The van der Waals surface area contributed by atoms with Crippen LogP contribution in [0.1, 0.15) is 49.8 Å². The summed E-state index contributed by atoms with van der Waals surface area (Å²) in [5.41, 5.74) is 3.96. The largest absolute Gasteiger partial charge is 0.493 e. The molecule has 0 saturated carbocycles. The van der Waals surface area contributed by atoms with Crippen LogP contribution in [0.3, 0.4) is 0 Å². The van der Waals surface area contributed by atoms with Gasteiger partial charge in [0.1, 0.15) is 6.61 Å². The zero-order chi connectivity index (χ0) is 21.8. The van der Waals surface area contributed by atoms with Gasteiger partial charge in [-0.3, -0.25) is 4.79 Å². The quantitative estimate of drug-likeness (QED) is 0.622. The predicted octanol–water partition coefficient (Wildman–Crippen LogP) is 4.92. The van der Waals surface area contributed by atoms with E-state index in [0.717, 1.165) is 48.2 Å². The minimum Gasteiger partial charge on any atom is -0.493 e. The van der Waals surface area contributed by atoms with Gasteiger partial charge in [-0.15, -0.1) is 0 Å². The molecule has 31 heavy (non-hydrogen) atoms. The number of ketones is 1. The van der Waals surface area contributed by atoms with E-state index in [9.17, 15) is 4.79 Å². The topological polar surface area (TPSA) is 50.8 Å². The number of nitrogens with one attached hydrogen (secondary N) is 1. The van der Waals surface area contributed by atoms with Gasteiger partial charge in [0.2, 0.25) is 0 Å². The molecule has 0 fully saturated rings. The lowest BCUT2D eigenvalue weighted by Gasteiger charge is -2.41. The number of benzene rings is 2. The summed E-state index contributed by atoms with van der Waals surface area (Å²) in [5, 5.41) is 4.09. The molecular weight excluding hydrogens is 408 g/mol. The van der Waals surface area contributed by atoms with Crippen LogP contribution in [0, 0.1) is 0 Å². The maximum atomic E-state index is 12.9. The average molecular weight is 437 g/mol. The zero-order valence-corrected chi connectivity index (χ0v) is 18.8. The van der Waals surface area contributed by atoms with Crippen molar-refractivity contribution in [2.45, 2.75) is 45.3 Å². The van der Waals surface area contributed by atoms with E-state index in [1.54, 1.807) is 7.11 Å². The Balaban J connectivity index is 1.64. The van der Waals surface area contributed by atoms with Crippen molar-refractivity contribution in [3.05, 3.63) is 70.9 Å². The van der Waals surface area contributed by atoms with E-state index in [1.807, 2.05) is 48.5 Å². The fourth-order valence-electron chi connectivity index (χ4n) is 4.28. The molecular formula is C25H28N2O3S. The van der Waals surface area contributed by atoms with Gasteiger partial charge in [0, 0.05) is 24.2 Å². The lowest BCUT2D eigenvalue weighted by atomic mass is 9.84. The van der Waals surface area contributed by atoms with Crippen molar-refractivity contribution in [1.29, 1.82) is 0 Å². The molecule has 0 saturated heterocycles. The number of carbonyl (C=O) groups excluding carboxylic acids is 1. The van der Waals surface area contributed by atoms with E-state index in [1.165, 1.54) is 0 Å². The van der Waals surface area contributed by atoms with Gasteiger partial charge in [0.15, 0.2) is 22.4 Å². The van der Waals surface area contributed by atoms with E-state index in [2.05, 4.69) is 17.1 Å². The van der Waals surface area contributed by atoms with Crippen LogP contribution in [0.2, 0.25) is 0 Å². The van der Waals surface area contributed by atoms with Crippen molar-refractivity contribution < 1.29 is 14.3 Å². The minimum absolute atomic E-state index is 0.200. The molecule has 0 amide bonds. The van der Waals surface area contributed by atoms with Crippen LogP contribution in [0.15, 0.2) is 59.8 Å². The highest BCUT2D eigenvalue weighted by atomic mass is 32.1. The number of nitrogens with zero attached hydrogens (tertiary/aromatic N) is 1. The van der Waals surface area contributed by atoms with Crippen molar-refractivity contribution in [3.63, 3.8) is 0 Å². The van der Waals surface area contributed by atoms with Gasteiger partial charge in [0.25, 0.3) is 0 Å². The van der Waals surface area contributed by atoms with Gasteiger partial charge in [-0.1, -0.05) is 43.3 Å². The maximum Gasteiger partial charge on any atom is 0.173 e. The van der Waals surface area contributed by atoms with Crippen molar-refractivity contribution in [3.8, 4) is 11.5 Å². The van der Waals surface area contributed by atoms with Crippen molar-refractivity contribution in [2.24, 2.45) is 0 Å². The average Bonchev–Trinajstić information content (AvgIpc) is 2.80. The molecule has 0 spiro atoms. The van der Waals surface area contributed by atoms with Gasteiger partial charge < -0.3 is 19.7 Å². The van der Waals surface area contributed by atoms with Crippen LogP contribution in [0.4, 0.5) is 0 Å². The first kappa shape index (κ1) is 21.4. The van der Waals surface area contributed by atoms with E-state index >= 15 is 0 Å². The number of allylic oxidation sites excluding steroid dienone is 1. The number of methoxy groups -OCH3 is 1. The minimum atomic E-state index is -0.263. The number of carbonyl (C=O) groups is 1. The monoisotopic (exact) mass is 436 g/mol. The summed E-state index contributed by atoms with van der Waals surface area (Å²) in [6.45, 7) is 3.40. The van der Waals surface area contributed by atoms with Crippen LogP contribution < -0.4 is 14.8 Å². The third-order valence-electron chi connectivity index (χ3n) is 5.76. The highest BCUT2D eigenvalue weighted by molar-refractivity contribution is 7.80. The van der Waals surface area contributed by atoms with Crippen molar-refractivity contribution >= 4 is 23.1 Å². The summed E-state index contributed by atoms with van der Waals surface area (Å²) in [6.07, 6.45) is 3.31. The van der Waals surface area contributed by atoms with Crippen LogP contribution in [0.25, 0.3) is 0 Å². The molecule has 2 aromatic carbocycles. The number of thiocarbonyl (C=S) groups is 1. The van der Waals surface area contributed by atoms with E-state index in [4.69, 9.17) is 21.7 Å². The van der Waals surface area contributed by atoms with Crippen LogP contribution in [-0.2, 0) is 11.4 Å². The molecule has 1 heterocycles. The van der Waals surface area contributed by atoms with Crippen molar-refractivity contribution in [1.82, 2.24) is 10.2 Å². The highest BCUT2D eigenvalue weighted by Crippen LogP contribution is 2.40. The van der Waals surface area contributed by atoms with E-state index in [-0.39, 0.29) is 11.8 Å². The Labute approximate surface area is 189 Å². The van der Waals surface area contributed by atoms with Crippen LogP contribution in [-0.4, -0.2) is 29.5 Å². The third-order valence-corrected chi connectivity index (χ3v) is 6.10. The lowest BCUT2D eigenvalue weighted by molar-refractivity contribution is -0.116. The fraction of sp³-hybridized carbons (Fsp3) is 0.360. The molecule has 1 atom stereocenters. The molecule has 2 aliphatic rings. The smallest absolute Gasteiger partial charge is 0.173 e. The molecule has 0 bridgehead atoms. The first-order valence-corrected chi connectivity index (χ1v) is 11.2. The summed E-state index contributed by atoms with van der Waals surface area (Å²) in [6, 6.07) is 15.6. The Morgan fingerprint density at radius 2 is 1.94 bits per heavy atom. The Kier molecular flexibility index (Phi) is 6.56. The predicted molar refractivity (Wildman–Crippen MR) is 125 cm³/mol. The second-order valence-corrected chi connectivity index (χ2v) is 8.24. The second kappa shape index (κ2) is 9.52. The molecule has 5 nitrogen and oxygen atoms in total. The first-order chi connectivity index (χ1) is 15.1. The summed E-state index contributed by atoms with van der Waals surface area (Å²) >= 11 is 5.67. The van der Waals surface area contributed by atoms with E-state index < -0.39 is 0 Å². The third kappa shape index (κ3) is 4.44.